The highest BCUT2D eigenvalue weighted by molar-refractivity contribution is 6.26. The third-order valence-corrected chi connectivity index (χ3v) is 15.0. The molecule has 2 aromatic rings. The SMILES string of the molecule is CC1CCCCCCC(C)C(=O)O[C@H]2/C(=C/Cl)C=C3[C@]2(O)[C@H](O)[C@@]2(CO)O[C@H]2[C@H]2[C@H]4OC5(c6ccccc6)O[C@@H]([C@@H](C)[C@]32O5)[C@@]4(O)C(O)(COC(=O)c2ccccc2O)C1. The summed E-state index contributed by atoms with van der Waals surface area (Å²) in [7, 11) is 0. The second-order valence-electron chi connectivity index (χ2n) is 18.2. The minimum Gasteiger partial charge on any atom is -0.507 e. The summed E-state index contributed by atoms with van der Waals surface area (Å²) < 4.78 is 39.2. The van der Waals surface area contributed by atoms with Crippen LogP contribution < -0.4 is 0 Å². The molecule has 0 radical (unpaired) electrons. The first kappa shape index (κ1) is 41.9. The highest BCUT2D eigenvalue weighted by Crippen LogP contribution is 2.74. The monoisotopic (exact) mass is 852 g/mol. The lowest BCUT2D eigenvalue weighted by molar-refractivity contribution is -0.584. The number of aromatic hydroxyl groups is 1. The number of esters is 2. The zero-order valence-electron chi connectivity index (χ0n) is 33.7. The first-order chi connectivity index (χ1) is 28.6. The molecule has 8 aliphatic rings. The summed E-state index contributed by atoms with van der Waals surface area (Å²) in [5.74, 6) is -7.05. The van der Waals surface area contributed by atoms with Gasteiger partial charge in [0.15, 0.2) is 11.7 Å². The molecule has 3 aliphatic carbocycles. The molecule has 15 atom stereocenters. The van der Waals surface area contributed by atoms with Crippen LogP contribution in [0.3, 0.4) is 0 Å². The van der Waals surface area contributed by atoms with Crippen molar-refractivity contribution in [1.82, 2.24) is 0 Å². The van der Waals surface area contributed by atoms with Crippen molar-refractivity contribution in [1.29, 1.82) is 0 Å². The Kier molecular flexibility index (Phi) is 10.2. The number of rotatable bonds is 5. The number of hydrogen-bond acceptors (Lipinski definition) is 14. The van der Waals surface area contributed by atoms with Crippen molar-refractivity contribution in [2.24, 2.45) is 23.7 Å². The number of halogens is 1. The van der Waals surface area contributed by atoms with Crippen LogP contribution >= 0.6 is 11.6 Å². The predicted octanol–water partition coefficient (Wildman–Crippen LogP) is 3.87. The lowest BCUT2D eigenvalue weighted by Crippen LogP contribution is -2.89. The fourth-order valence-corrected chi connectivity index (χ4v) is 11.8. The van der Waals surface area contributed by atoms with Crippen molar-refractivity contribution in [3.63, 3.8) is 0 Å². The number of phenolic OH excluding ortho intramolecular Hbond substituents is 1. The van der Waals surface area contributed by atoms with Gasteiger partial charge >= 0.3 is 17.9 Å². The van der Waals surface area contributed by atoms with Crippen molar-refractivity contribution < 1.29 is 68.6 Å². The maximum absolute atomic E-state index is 13.9. The lowest BCUT2D eigenvalue weighted by atomic mass is 9.50. The van der Waals surface area contributed by atoms with E-state index in [1.807, 2.05) is 6.92 Å². The number of aliphatic hydroxyl groups is 5. The van der Waals surface area contributed by atoms with E-state index in [4.69, 9.17) is 40.0 Å². The molecule has 5 heterocycles. The van der Waals surface area contributed by atoms with Crippen LogP contribution in [0.4, 0.5) is 0 Å². The Labute approximate surface area is 352 Å². The third-order valence-electron chi connectivity index (χ3n) is 14.7. The topological polar surface area (TPSA) is 214 Å². The summed E-state index contributed by atoms with van der Waals surface area (Å²) in [6, 6.07) is 14.5. The zero-order chi connectivity index (χ0) is 42.6. The van der Waals surface area contributed by atoms with Gasteiger partial charge in [0.2, 0.25) is 0 Å². The Morgan fingerprint density at radius 1 is 0.917 bits per heavy atom. The molecule has 60 heavy (non-hydrogen) atoms. The summed E-state index contributed by atoms with van der Waals surface area (Å²) in [5, 5.41) is 74.7. The lowest BCUT2D eigenvalue weighted by Gasteiger charge is -2.73. The standard InChI is InChI=1S/C45H53ClO14/c1-24-13-7-4-5-8-14-25(2)37(49)56-34-27(21-46)19-31-42(34,53)39(51)41(22-47)35(57-41)32-36-44(54,40(52,20-24)23-55-38(50)29-17-11-12-18-30(29)48)33-26(3)43(31,32)60-45(58-33,59-36)28-15-9-6-10-16-28/h6,9-12,15-19,21,24-26,32-36,39,47-48,51-54H,4-5,7-8,13-14,20,22-23H2,1-3H3/b27-21+/t24?,25?,26-,32+,33+,34+,35+,36-,39-,40?,41+,42-,43+,44+,45?/m1/s1. The number of epoxide rings is 1. The molecule has 5 saturated heterocycles. The number of phenols is 1. The molecule has 0 amide bonds. The van der Waals surface area contributed by atoms with Crippen LogP contribution in [0.5, 0.6) is 5.75 Å². The van der Waals surface area contributed by atoms with E-state index in [9.17, 15) is 40.2 Å². The number of aliphatic hydroxyl groups excluding tert-OH is 2. The van der Waals surface area contributed by atoms with Crippen molar-refractivity contribution in [2.45, 2.75) is 130 Å². The molecular weight excluding hydrogens is 800 g/mol. The van der Waals surface area contributed by atoms with Crippen molar-refractivity contribution in [3.05, 3.63) is 88.5 Å². The smallest absolute Gasteiger partial charge is 0.342 e. The number of hydrogen-bond donors (Lipinski definition) is 6. The molecular formula is C45H53ClO14. The Bertz CT molecular complexity index is 2100. The van der Waals surface area contributed by atoms with Crippen LogP contribution in [0.1, 0.15) is 81.6 Å². The van der Waals surface area contributed by atoms with Crippen LogP contribution in [0.25, 0.3) is 0 Å². The van der Waals surface area contributed by atoms with Gasteiger partial charge in [-0.05, 0) is 37.0 Å². The molecule has 2 saturated carbocycles. The van der Waals surface area contributed by atoms with E-state index in [0.29, 0.717) is 24.8 Å². The number of para-hydroxylation sites is 1. The molecule has 15 heteroatoms. The highest BCUT2D eigenvalue weighted by atomic mass is 35.5. The second kappa shape index (κ2) is 14.6. The van der Waals surface area contributed by atoms with Gasteiger partial charge in [-0.15, -0.1) is 0 Å². The first-order valence-corrected chi connectivity index (χ1v) is 21.5. The average Bonchev–Trinajstić information content (AvgIpc) is 3.91. The van der Waals surface area contributed by atoms with E-state index in [1.54, 1.807) is 56.3 Å². The van der Waals surface area contributed by atoms with E-state index in [-0.39, 0.29) is 34.8 Å². The van der Waals surface area contributed by atoms with Crippen molar-refractivity contribution in [3.8, 4) is 5.75 Å². The van der Waals surface area contributed by atoms with E-state index in [0.717, 1.165) is 24.8 Å². The molecule has 8 bridgehead atoms. The fraction of sp³-hybridized carbons (Fsp3) is 0.600. The van der Waals surface area contributed by atoms with Gasteiger partial charge in [-0.2, -0.15) is 0 Å². The molecule has 10 rings (SSSR count). The summed E-state index contributed by atoms with van der Waals surface area (Å²) in [6.45, 7) is 3.82. The quantitative estimate of drug-likeness (QED) is 0.186. The van der Waals surface area contributed by atoms with Gasteiger partial charge in [-0.1, -0.05) is 107 Å². The van der Waals surface area contributed by atoms with Gasteiger partial charge in [0.1, 0.15) is 64.7 Å². The predicted molar refractivity (Wildman–Crippen MR) is 211 cm³/mol. The number of carbonyl (C=O) groups is 2. The first-order valence-electron chi connectivity index (χ1n) is 21.0. The summed E-state index contributed by atoms with van der Waals surface area (Å²) in [6.07, 6.45) is -2.01. The van der Waals surface area contributed by atoms with Crippen LogP contribution in [0, 0.1) is 23.7 Å². The maximum atomic E-state index is 13.9. The van der Waals surface area contributed by atoms with Gasteiger partial charge in [-0.3, -0.25) is 4.79 Å². The second-order valence-corrected chi connectivity index (χ2v) is 18.4. The molecule has 4 unspecified atom stereocenters. The summed E-state index contributed by atoms with van der Waals surface area (Å²) in [5.41, 5.74) is -9.39. The minimum atomic E-state index is -2.51. The number of carbonyl (C=O) groups excluding carboxylic acids is 2. The van der Waals surface area contributed by atoms with Gasteiger partial charge in [0.05, 0.1) is 18.4 Å². The highest BCUT2D eigenvalue weighted by Gasteiger charge is 2.90. The average molecular weight is 853 g/mol. The Balaban J connectivity index is 1.27. The fourth-order valence-electron chi connectivity index (χ4n) is 11.6. The van der Waals surface area contributed by atoms with Crippen molar-refractivity contribution >= 4 is 23.5 Å². The molecule has 7 fully saturated rings. The van der Waals surface area contributed by atoms with E-state index >= 15 is 0 Å². The van der Waals surface area contributed by atoms with Crippen LogP contribution in [0.2, 0.25) is 0 Å². The summed E-state index contributed by atoms with van der Waals surface area (Å²) in [4.78, 5) is 27.5. The van der Waals surface area contributed by atoms with Gasteiger partial charge in [0, 0.05) is 28.2 Å². The molecule has 1 spiro atoms. The van der Waals surface area contributed by atoms with Crippen LogP contribution in [-0.4, -0.2) is 114 Å². The largest absolute Gasteiger partial charge is 0.507 e. The van der Waals surface area contributed by atoms with E-state index in [2.05, 4.69) is 0 Å². The van der Waals surface area contributed by atoms with Crippen LogP contribution in [0.15, 0.2) is 77.4 Å². The Morgan fingerprint density at radius 2 is 1.60 bits per heavy atom. The van der Waals surface area contributed by atoms with Crippen molar-refractivity contribution in [2.75, 3.05) is 13.2 Å². The third kappa shape index (κ3) is 5.65. The van der Waals surface area contributed by atoms with Gasteiger partial charge < -0.3 is 59.1 Å². The van der Waals surface area contributed by atoms with Gasteiger partial charge in [0.25, 0.3) is 0 Å². The molecule has 0 aromatic heterocycles. The molecule has 2 aromatic carbocycles. The zero-order valence-corrected chi connectivity index (χ0v) is 34.5. The number of ether oxygens (including phenoxy) is 6. The molecule has 14 nitrogen and oxygen atoms in total. The van der Waals surface area contributed by atoms with Crippen LogP contribution in [-0.2, 0) is 39.2 Å². The molecule has 5 aliphatic heterocycles. The summed E-state index contributed by atoms with van der Waals surface area (Å²) >= 11 is 6.48. The number of benzene rings is 2. The Morgan fingerprint density at radius 3 is 2.30 bits per heavy atom. The van der Waals surface area contributed by atoms with Gasteiger partial charge in [-0.25, -0.2) is 4.79 Å². The van der Waals surface area contributed by atoms with E-state index in [1.165, 1.54) is 18.2 Å². The molecule has 324 valence electrons. The minimum absolute atomic E-state index is 0.0470. The maximum Gasteiger partial charge on any atom is 0.342 e. The Hall–Kier alpha value is -3.41. The molecule has 6 N–H and O–H groups in total. The van der Waals surface area contributed by atoms with E-state index < -0.39 is 107 Å². The number of fused-ring (bicyclic) bond motifs is 1. The normalized spacial score (nSPS) is 46.5.